The molecule has 0 aliphatic rings. The molecule has 0 amide bonds. The molecule has 0 saturated carbocycles. The maximum atomic E-state index is 4.34. The molecule has 116 valence electrons. The Bertz CT molecular complexity index is 577. The van der Waals surface area contributed by atoms with Crippen LogP contribution in [-0.2, 0) is 20.0 Å². The highest BCUT2D eigenvalue weighted by molar-refractivity contribution is 14.0. The summed E-state index contributed by atoms with van der Waals surface area (Å²) >= 11 is 1.74. The summed E-state index contributed by atoms with van der Waals surface area (Å²) in [7, 11) is 3.68. The van der Waals surface area contributed by atoms with Crippen molar-refractivity contribution >= 4 is 41.3 Å². The normalized spacial score (nSPS) is 11.1. The van der Waals surface area contributed by atoms with Crippen LogP contribution in [0.4, 0.5) is 0 Å². The molecule has 2 aromatic rings. The van der Waals surface area contributed by atoms with Crippen LogP contribution in [0.3, 0.4) is 0 Å². The number of thiazole rings is 1. The topological polar surface area (TPSA) is 67.1 Å². The van der Waals surface area contributed by atoms with Crippen LogP contribution in [0.15, 0.2) is 23.6 Å². The SMILES string of the molecule is CN=C(NCCc1ncc(C)s1)NCc1cnn(C)c1.I. The van der Waals surface area contributed by atoms with E-state index in [1.807, 2.05) is 25.6 Å². The van der Waals surface area contributed by atoms with Crippen molar-refractivity contribution in [3.8, 4) is 0 Å². The molecule has 8 heteroatoms. The quantitative estimate of drug-likeness (QED) is 0.439. The van der Waals surface area contributed by atoms with E-state index in [2.05, 4.69) is 32.6 Å². The number of rotatable bonds is 5. The van der Waals surface area contributed by atoms with Crippen molar-refractivity contribution in [2.45, 2.75) is 19.9 Å². The van der Waals surface area contributed by atoms with Crippen molar-refractivity contribution in [2.75, 3.05) is 13.6 Å². The zero-order valence-corrected chi connectivity index (χ0v) is 15.6. The molecule has 2 heterocycles. The molecule has 21 heavy (non-hydrogen) atoms. The van der Waals surface area contributed by atoms with E-state index >= 15 is 0 Å². The summed E-state index contributed by atoms with van der Waals surface area (Å²) in [6.07, 6.45) is 6.65. The minimum absolute atomic E-state index is 0. The smallest absolute Gasteiger partial charge is 0.191 e. The zero-order valence-electron chi connectivity index (χ0n) is 12.5. The molecule has 0 fully saturated rings. The fraction of sp³-hybridized carbons (Fsp3) is 0.462. The Morgan fingerprint density at radius 3 is 2.76 bits per heavy atom. The number of aryl methyl sites for hydroxylation is 2. The average Bonchev–Trinajstić information content (AvgIpc) is 3.02. The van der Waals surface area contributed by atoms with E-state index in [-0.39, 0.29) is 24.0 Å². The van der Waals surface area contributed by atoms with E-state index in [0.717, 1.165) is 29.5 Å². The second-order valence-corrected chi connectivity index (χ2v) is 5.81. The molecule has 6 nitrogen and oxygen atoms in total. The van der Waals surface area contributed by atoms with E-state index in [0.29, 0.717) is 6.54 Å². The van der Waals surface area contributed by atoms with E-state index in [4.69, 9.17) is 0 Å². The summed E-state index contributed by atoms with van der Waals surface area (Å²) < 4.78 is 1.79. The van der Waals surface area contributed by atoms with Gasteiger partial charge in [0.05, 0.1) is 11.2 Å². The molecule has 2 rings (SSSR count). The molecule has 0 atom stereocenters. The third-order valence-electron chi connectivity index (χ3n) is 2.74. The molecule has 0 bridgehead atoms. The van der Waals surface area contributed by atoms with Crippen LogP contribution >= 0.6 is 35.3 Å². The lowest BCUT2D eigenvalue weighted by Crippen LogP contribution is -2.37. The maximum absolute atomic E-state index is 4.34. The van der Waals surface area contributed by atoms with Crippen molar-refractivity contribution in [3.63, 3.8) is 0 Å². The summed E-state index contributed by atoms with van der Waals surface area (Å²) in [6, 6.07) is 0. The summed E-state index contributed by atoms with van der Waals surface area (Å²) in [6.45, 7) is 3.60. The van der Waals surface area contributed by atoms with E-state index < -0.39 is 0 Å². The zero-order chi connectivity index (χ0) is 14.4. The first-order chi connectivity index (χ1) is 9.67. The molecule has 0 aliphatic carbocycles. The Labute approximate surface area is 146 Å². The fourth-order valence-corrected chi connectivity index (χ4v) is 2.56. The molecule has 0 aromatic carbocycles. The number of nitrogens with one attached hydrogen (secondary N) is 2. The van der Waals surface area contributed by atoms with Crippen LogP contribution in [0.25, 0.3) is 0 Å². The molecule has 2 aromatic heterocycles. The first-order valence-corrected chi connectivity index (χ1v) is 7.32. The maximum Gasteiger partial charge on any atom is 0.191 e. The lowest BCUT2D eigenvalue weighted by atomic mass is 10.3. The Balaban J connectivity index is 0.00000220. The van der Waals surface area contributed by atoms with Gasteiger partial charge < -0.3 is 10.6 Å². The summed E-state index contributed by atoms with van der Waals surface area (Å²) in [5.74, 6) is 0.794. The third-order valence-corrected chi connectivity index (χ3v) is 3.71. The van der Waals surface area contributed by atoms with Gasteiger partial charge in [-0.1, -0.05) is 0 Å². The van der Waals surface area contributed by atoms with E-state index in [1.54, 1.807) is 23.1 Å². The number of guanidine groups is 1. The summed E-state index contributed by atoms with van der Waals surface area (Å²) in [4.78, 5) is 9.79. The lowest BCUT2D eigenvalue weighted by molar-refractivity contribution is 0.764. The molecule has 0 aliphatic heterocycles. The highest BCUT2D eigenvalue weighted by atomic mass is 127. The Morgan fingerprint density at radius 1 is 1.38 bits per heavy atom. The Hall–Kier alpha value is -1.16. The first-order valence-electron chi connectivity index (χ1n) is 6.50. The second kappa shape index (κ2) is 8.98. The lowest BCUT2D eigenvalue weighted by Gasteiger charge is -2.10. The number of nitrogens with zero attached hydrogens (tertiary/aromatic N) is 4. The van der Waals surface area contributed by atoms with Gasteiger partial charge in [0.2, 0.25) is 0 Å². The minimum Gasteiger partial charge on any atom is -0.356 e. The molecule has 0 saturated heterocycles. The summed E-state index contributed by atoms with van der Waals surface area (Å²) in [5.41, 5.74) is 1.13. The number of hydrogen-bond donors (Lipinski definition) is 2. The van der Waals surface area contributed by atoms with E-state index in [9.17, 15) is 0 Å². The van der Waals surface area contributed by atoms with Crippen LogP contribution in [0.1, 0.15) is 15.4 Å². The van der Waals surface area contributed by atoms with Gasteiger partial charge >= 0.3 is 0 Å². The minimum atomic E-state index is 0. The number of hydrogen-bond acceptors (Lipinski definition) is 4. The van der Waals surface area contributed by atoms with Crippen LogP contribution in [-0.4, -0.2) is 34.3 Å². The van der Waals surface area contributed by atoms with Gasteiger partial charge in [0.25, 0.3) is 0 Å². The van der Waals surface area contributed by atoms with Crippen molar-refractivity contribution in [3.05, 3.63) is 34.0 Å². The van der Waals surface area contributed by atoms with Gasteiger partial charge in [0.1, 0.15) is 0 Å². The first kappa shape index (κ1) is 17.9. The largest absolute Gasteiger partial charge is 0.356 e. The van der Waals surface area contributed by atoms with Gasteiger partial charge in [-0.3, -0.25) is 9.67 Å². The average molecular weight is 420 g/mol. The fourth-order valence-electron chi connectivity index (χ4n) is 1.77. The van der Waals surface area contributed by atoms with Gasteiger partial charge in [-0.25, -0.2) is 4.98 Å². The van der Waals surface area contributed by atoms with Crippen LogP contribution in [0.2, 0.25) is 0 Å². The highest BCUT2D eigenvalue weighted by Gasteiger charge is 2.02. The second-order valence-electron chi connectivity index (χ2n) is 4.49. The van der Waals surface area contributed by atoms with Gasteiger partial charge in [0, 0.05) is 56.4 Å². The number of aliphatic imine (C=N–C) groups is 1. The van der Waals surface area contributed by atoms with Gasteiger partial charge in [0.15, 0.2) is 5.96 Å². The van der Waals surface area contributed by atoms with Crippen molar-refractivity contribution < 1.29 is 0 Å². The Morgan fingerprint density at radius 2 is 2.19 bits per heavy atom. The van der Waals surface area contributed by atoms with Crippen molar-refractivity contribution in [2.24, 2.45) is 12.0 Å². The molecular formula is C13H21IN6S. The molecule has 2 N–H and O–H groups in total. The number of aromatic nitrogens is 3. The predicted octanol–water partition coefficient (Wildman–Crippen LogP) is 1.71. The van der Waals surface area contributed by atoms with Crippen LogP contribution in [0, 0.1) is 6.92 Å². The molecule has 0 radical (unpaired) electrons. The predicted molar refractivity (Wildman–Crippen MR) is 97.4 cm³/mol. The molecular weight excluding hydrogens is 399 g/mol. The highest BCUT2D eigenvalue weighted by Crippen LogP contribution is 2.10. The van der Waals surface area contributed by atoms with E-state index in [1.165, 1.54) is 4.88 Å². The summed E-state index contributed by atoms with van der Waals surface area (Å²) in [5, 5.41) is 11.8. The van der Waals surface area contributed by atoms with Crippen molar-refractivity contribution in [1.82, 2.24) is 25.4 Å². The van der Waals surface area contributed by atoms with Gasteiger partial charge in [-0.05, 0) is 6.92 Å². The number of halogens is 1. The van der Waals surface area contributed by atoms with Gasteiger partial charge in [-0.2, -0.15) is 5.10 Å². The monoisotopic (exact) mass is 420 g/mol. The van der Waals surface area contributed by atoms with Crippen molar-refractivity contribution in [1.29, 1.82) is 0 Å². The van der Waals surface area contributed by atoms with Gasteiger partial charge in [-0.15, -0.1) is 35.3 Å². The van der Waals surface area contributed by atoms with Crippen LogP contribution < -0.4 is 10.6 Å². The molecule has 0 unspecified atom stereocenters. The third kappa shape index (κ3) is 6.00. The van der Waals surface area contributed by atoms with Crippen LogP contribution in [0.5, 0.6) is 0 Å². The molecule has 0 spiro atoms. The standard InChI is InChI=1S/C13H20N6S.HI/c1-10-6-16-12(20-10)4-5-15-13(14-2)17-7-11-8-18-19(3)9-11;/h6,8-9H,4-5,7H2,1-3H3,(H2,14,15,17);1H. The Kier molecular flexibility index (Phi) is 7.65.